The van der Waals surface area contributed by atoms with Crippen LogP contribution < -0.4 is 0 Å². The molecule has 1 atom stereocenters. The molecular formula is C22H33O6P. The summed E-state index contributed by atoms with van der Waals surface area (Å²) in [5.74, 6) is -0.788. The molecule has 4 aliphatic rings. The Labute approximate surface area is 174 Å². The molecule has 0 spiro atoms. The van der Waals surface area contributed by atoms with E-state index >= 15 is 0 Å². The Bertz CT molecular complexity index is 771. The first-order valence-electron chi connectivity index (χ1n) is 10.0. The van der Waals surface area contributed by atoms with Crippen LogP contribution in [0.5, 0.6) is 0 Å². The molecule has 0 radical (unpaired) electrons. The highest BCUT2D eigenvalue weighted by molar-refractivity contribution is 7.41. The standard InChI is InChI=1S/C22H33O6P/c1-13(19(24)25)17(22-10-26-29(27-11-22)28-12-22)14-8-15(20(2,3)4)18(23)16(9-14)21(5,6)7/h8,14,23H,9-12H2,1-7H3,(H,24,25). The fraction of sp³-hybridized carbons (Fsp3) is 0.682. The summed E-state index contributed by atoms with van der Waals surface area (Å²) in [6, 6.07) is 0. The summed E-state index contributed by atoms with van der Waals surface area (Å²) in [7, 11) is -1.31. The third kappa shape index (κ3) is 4.18. The van der Waals surface area contributed by atoms with E-state index in [0.29, 0.717) is 37.6 Å². The topological polar surface area (TPSA) is 85.2 Å². The van der Waals surface area contributed by atoms with Gasteiger partial charge in [0, 0.05) is 11.5 Å². The van der Waals surface area contributed by atoms with Crippen LogP contribution in [0.15, 0.2) is 34.1 Å². The molecule has 2 bridgehead atoms. The van der Waals surface area contributed by atoms with Crippen molar-refractivity contribution in [3.05, 3.63) is 34.1 Å². The first-order valence-corrected chi connectivity index (χ1v) is 11.1. The van der Waals surface area contributed by atoms with Crippen LogP contribution in [0, 0.1) is 22.2 Å². The molecule has 2 N–H and O–H groups in total. The molecule has 162 valence electrons. The predicted octanol–water partition coefficient (Wildman–Crippen LogP) is 5.53. The maximum atomic E-state index is 12.1. The lowest BCUT2D eigenvalue weighted by Crippen LogP contribution is -2.47. The molecule has 0 saturated carbocycles. The number of aliphatic hydroxyl groups is 1. The minimum absolute atomic E-state index is 0.177. The Morgan fingerprint density at radius 1 is 1.07 bits per heavy atom. The van der Waals surface area contributed by atoms with Gasteiger partial charge in [-0.05, 0) is 40.9 Å². The van der Waals surface area contributed by atoms with Crippen LogP contribution >= 0.6 is 8.60 Å². The Hall–Kier alpha value is -1.20. The number of aliphatic carboxylic acids is 1. The van der Waals surface area contributed by atoms with Crippen molar-refractivity contribution in [3.8, 4) is 0 Å². The van der Waals surface area contributed by atoms with Gasteiger partial charge in [-0.1, -0.05) is 47.6 Å². The molecule has 0 aromatic rings. The van der Waals surface area contributed by atoms with Gasteiger partial charge in [0.1, 0.15) is 5.76 Å². The average molecular weight is 424 g/mol. The van der Waals surface area contributed by atoms with Crippen molar-refractivity contribution >= 4 is 14.6 Å². The summed E-state index contributed by atoms with van der Waals surface area (Å²) in [4.78, 5) is 12.1. The van der Waals surface area contributed by atoms with E-state index in [9.17, 15) is 15.0 Å². The van der Waals surface area contributed by atoms with Gasteiger partial charge in [-0.25, -0.2) is 4.79 Å². The number of aliphatic hydroxyl groups excluding tert-OH is 1. The fourth-order valence-electron chi connectivity index (χ4n) is 4.45. The van der Waals surface area contributed by atoms with Crippen LogP contribution in [0.4, 0.5) is 0 Å². The highest BCUT2D eigenvalue weighted by Gasteiger charge is 2.51. The van der Waals surface area contributed by atoms with Crippen LogP contribution in [-0.2, 0) is 18.4 Å². The number of hydrogen-bond donors (Lipinski definition) is 2. The van der Waals surface area contributed by atoms with Crippen LogP contribution in [0.3, 0.4) is 0 Å². The Kier molecular flexibility index (Phi) is 5.81. The van der Waals surface area contributed by atoms with Crippen LogP contribution in [0.25, 0.3) is 0 Å². The maximum absolute atomic E-state index is 12.1. The molecule has 29 heavy (non-hydrogen) atoms. The molecule has 6 nitrogen and oxygen atoms in total. The summed E-state index contributed by atoms with van der Waals surface area (Å²) < 4.78 is 17.1. The highest BCUT2D eigenvalue weighted by Crippen LogP contribution is 2.58. The van der Waals surface area contributed by atoms with Gasteiger partial charge in [0.2, 0.25) is 0 Å². The predicted molar refractivity (Wildman–Crippen MR) is 112 cm³/mol. The highest BCUT2D eigenvalue weighted by atomic mass is 31.2. The minimum atomic E-state index is -1.31. The lowest BCUT2D eigenvalue weighted by Gasteiger charge is -2.48. The van der Waals surface area contributed by atoms with Gasteiger partial charge in [0.05, 0.1) is 25.2 Å². The van der Waals surface area contributed by atoms with Gasteiger partial charge in [-0.3, -0.25) is 0 Å². The van der Waals surface area contributed by atoms with Gasteiger partial charge in [-0.2, -0.15) is 0 Å². The van der Waals surface area contributed by atoms with E-state index in [4.69, 9.17) is 13.6 Å². The van der Waals surface area contributed by atoms with Crippen LogP contribution in [-0.4, -0.2) is 36.0 Å². The smallest absolute Gasteiger partial charge is 0.332 e. The van der Waals surface area contributed by atoms with Crippen LogP contribution in [0.1, 0.15) is 54.9 Å². The zero-order chi connectivity index (χ0) is 21.8. The Morgan fingerprint density at radius 3 is 2.00 bits per heavy atom. The molecule has 0 amide bonds. The second-order valence-corrected chi connectivity index (χ2v) is 11.6. The van der Waals surface area contributed by atoms with E-state index in [1.807, 2.05) is 6.08 Å². The lowest BCUT2D eigenvalue weighted by molar-refractivity contribution is -0.133. The van der Waals surface area contributed by atoms with E-state index in [1.54, 1.807) is 6.92 Å². The fourth-order valence-corrected chi connectivity index (χ4v) is 5.73. The molecule has 7 heteroatoms. The van der Waals surface area contributed by atoms with Crippen molar-refractivity contribution in [2.75, 3.05) is 19.8 Å². The van der Waals surface area contributed by atoms with Gasteiger partial charge < -0.3 is 23.8 Å². The van der Waals surface area contributed by atoms with E-state index < -0.39 is 20.0 Å². The lowest BCUT2D eigenvalue weighted by atomic mass is 9.65. The zero-order valence-corrected chi connectivity index (χ0v) is 19.4. The van der Waals surface area contributed by atoms with Gasteiger partial charge >= 0.3 is 14.6 Å². The number of hydrogen-bond acceptors (Lipinski definition) is 5. The SMILES string of the molecule is CC(C(=O)O)=C(C1C=C(C(C)(C)C)C(O)=C(C(C)(C)C)C1)C12COP(OC1)OC2. The average Bonchev–Trinajstić information content (AvgIpc) is 2.62. The molecule has 3 heterocycles. The number of rotatable bonds is 3. The third-order valence-corrected chi connectivity index (χ3v) is 7.07. The summed E-state index contributed by atoms with van der Waals surface area (Å²) in [5.41, 5.74) is 1.73. The largest absolute Gasteiger partial charge is 0.508 e. The molecule has 1 unspecified atom stereocenters. The summed E-state index contributed by atoms with van der Waals surface area (Å²) in [6.45, 7) is 15.3. The summed E-state index contributed by atoms with van der Waals surface area (Å²) >= 11 is 0. The number of carbonyl (C=O) groups is 1. The van der Waals surface area contributed by atoms with Crippen molar-refractivity contribution in [2.24, 2.45) is 22.2 Å². The molecule has 0 aromatic carbocycles. The molecule has 3 aliphatic heterocycles. The van der Waals surface area contributed by atoms with Gasteiger partial charge in [0.15, 0.2) is 0 Å². The molecule has 0 aromatic heterocycles. The first-order chi connectivity index (χ1) is 13.3. The first kappa shape index (κ1) is 22.5. The van der Waals surface area contributed by atoms with E-state index in [2.05, 4.69) is 41.5 Å². The zero-order valence-electron chi connectivity index (χ0n) is 18.5. The quantitative estimate of drug-likeness (QED) is 0.458. The molecule has 3 fully saturated rings. The monoisotopic (exact) mass is 424 g/mol. The minimum Gasteiger partial charge on any atom is -0.508 e. The van der Waals surface area contributed by atoms with E-state index in [0.717, 1.165) is 16.7 Å². The Balaban J connectivity index is 2.17. The number of fused-ring (bicyclic) bond motifs is 3. The maximum Gasteiger partial charge on any atom is 0.332 e. The second-order valence-electron chi connectivity index (χ2n) is 10.4. The molecule has 3 saturated heterocycles. The van der Waals surface area contributed by atoms with Crippen molar-refractivity contribution in [3.63, 3.8) is 0 Å². The van der Waals surface area contributed by atoms with Gasteiger partial charge in [-0.15, -0.1) is 0 Å². The van der Waals surface area contributed by atoms with Crippen molar-refractivity contribution in [1.82, 2.24) is 0 Å². The van der Waals surface area contributed by atoms with E-state index in [1.165, 1.54) is 0 Å². The summed E-state index contributed by atoms with van der Waals surface area (Å²) in [6.07, 6.45) is 2.61. The number of allylic oxidation sites excluding steroid dienone is 3. The normalized spacial score (nSPS) is 31.5. The summed E-state index contributed by atoms with van der Waals surface area (Å²) in [5, 5.41) is 21.0. The number of carboxylic acid groups (broad SMARTS) is 1. The van der Waals surface area contributed by atoms with E-state index in [-0.39, 0.29) is 16.7 Å². The second kappa shape index (κ2) is 7.49. The Morgan fingerprint density at radius 2 is 1.59 bits per heavy atom. The molecule has 1 aliphatic carbocycles. The van der Waals surface area contributed by atoms with Crippen molar-refractivity contribution in [2.45, 2.75) is 54.9 Å². The van der Waals surface area contributed by atoms with Crippen molar-refractivity contribution < 1.29 is 28.6 Å². The van der Waals surface area contributed by atoms with Crippen molar-refractivity contribution in [1.29, 1.82) is 0 Å². The molecule has 4 rings (SSSR count). The number of carboxylic acids is 1. The molecular weight excluding hydrogens is 391 g/mol. The van der Waals surface area contributed by atoms with Crippen LogP contribution in [0.2, 0.25) is 0 Å². The third-order valence-electron chi connectivity index (χ3n) is 6.05. The van der Waals surface area contributed by atoms with Gasteiger partial charge in [0.25, 0.3) is 0 Å².